The van der Waals surface area contributed by atoms with E-state index in [2.05, 4.69) is 254 Å². The maximum Gasteiger partial charge on any atom is 0.181 e. The number of rotatable bonds is 6. The standard InChI is InChI=1S/C64H43NOSSi2/c1-2-17-50(18-3-1)68-59-25-10-13-28-63(59)69(61-26-11-8-23-57(61)67-58-24-9-12-27-62(58)69)64-40-33-46(41-60(64)68)43-29-34-47(35-30-43)65(49-38-39-54-53-20-6-7-22-55(53)66-56(54)42-49)48-36-31-45(32-37-48)52-21-14-16-44-15-4-5-19-51(44)52/h1-42,68H. The molecule has 0 fully saturated rings. The van der Waals surface area contributed by atoms with Crippen molar-refractivity contribution in [1.82, 2.24) is 0 Å². The Bertz CT molecular complexity index is 3910. The van der Waals surface area contributed by atoms with Crippen LogP contribution in [0.15, 0.2) is 269 Å². The van der Waals surface area contributed by atoms with Crippen LogP contribution in [0.2, 0.25) is 0 Å². The van der Waals surface area contributed by atoms with Crippen molar-refractivity contribution >= 4 is 115 Å². The Morgan fingerprint density at radius 2 is 0.928 bits per heavy atom. The molecule has 11 aromatic carbocycles. The van der Waals surface area contributed by atoms with Gasteiger partial charge in [-0.15, -0.1) is 0 Å². The maximum atomic E-state index is 6.48. The van der Waals surface area contributed by atoms with Crippen LogP contribution in [0.1, 0.15) is 0 Å². The molecular formula is C64H43NOSSi2. The fraction of sp³-hybridized carbons (Fsp3) is 0. The maximum absolute atomic E-state index is 6.48. The molecule has 2 aliphatic heterocycles. The molecule has 12 aromatic rings. The van der Waals surface area contributed by atoms with E-state index in [-0.39, 0.29) is 0 Å². The Balaban J connectivity index is 0.919. The lowest BCUT2D eigenvalue weighted by Crippen LogP contribution is -2.87. The number of anilines is 3. The zero-order valence-electron chi connectivity index (χ0n) is 37.6. The normalized spacial score (nSPS) is 14.3. The van der Waals surface area contributed by atoms with E-state index in [4.69, 9.17) is 4.42 Å². The molecule has 1 atom stereocenters. The van der Waals surface area contributed by atoms with E-state index < -0.39 is 16.9 Å². The van der Waals surface area contributed by atoms with Crippen molar-refractivity contribution in [1.29, 1.82) is 0 Å². The van der Waals surface area contributed by atoms with E-state index in [1.165, 1.54) is 63.6 Å². The molecule has 0 saturated heterocycles. The molecule has 2 aliphatic rings. The molecule has 5 heteroatoms. The molecule has 324 valence electrons. The summed E-state index contributed by atoms with van der Waals surface area (Å²) in [5.41, 5.74) is 9.84. The van der Waals surface area contributed by atoms with E-state index in [0.717, 1.165) is 39.0 Å². The van der Waals surface area contributed by atoms with Gasteiger partial charge in [0.1, 0.15) is 20.0 Å². The second-order valence-electron chi connectivity index (χ2n) is 18.3. The molecule has 3 heterocycles. The summed E-state index contributed by atoms with van der Waals surface area (Å²) in [5, 5.41) is 15.4. The van der Waals surface area contributed by atoms with Crippen LogP contribution in [-0.4, -0.2) is 16.9 Å². The van der Waals surface area contributed by atoms with Crippen LogP contribution < -0.4 is 41.2 Å². The molecule has 0 amide bonds. The zero-order chi connectivity index (χ0) is 45.5. The van der Waals surface area contributed by atoms with Crippen molar-refractivity contribution in [2.75, 3.05) is 4.90 Å². The van der Waals surface area contributed by atoms with Gasteiger partial charge in [0, 0.05) is 43.7 Å². The SMILES string of the molecule is c1ccc([SiH]2c3ccccc3[Si]3(c4ccccc4Sc4ccccc43)c3ccc(-c4ccc(N(c5ccc(-c6cccc7ccccc67)cc5)c5ccc6c(c5)oc5ccccc56)cc4)cc32)cc1. The van der Waals surface area contributed by atoms with Gasteiger partial charge < -0.3 is 9.32 Å². The summed E-state index contributed by atoms with van der Waals surface area (Å²) in [6, 6.07) is 95.3. The molecule has 1 spiro atoms. The monoisotopic (exact) mass is 929 g/mol. The van der Waals surface area contributed by atoms with Gasteiger partial charge in [0.05, 0.1) is 0 Å². The first kappa shape index (κ1) is 40.2. The van der Waals surface area contributed by atoms with E-state index >= 15 is 0 Å². The first-order valence-corrected chi connectivity index (χ1v) is 28.3. The van der Waals surface area contributed by atoms with Crippen molar-refractivity contribution in [3.05, 3.63) is 255 Å². The summed E-state index contributed by atoms with van der Waals surface area (Å²) in [6.45, 7) is 0. The molecular weight excluding hydrogens is 887 g/mol. The van der Waals surface area contributed by atoms with Crippen LogP contribution in [0.3, 0.4) is 0 Å². The van der Waals surface area contributed by atoms with Gasteiger partial charge in [-0.25, -0.2) is 0 Å². The van der Waals surface area contributed by atoms with Gasteiger partial charge in [-0.1, -0.05) is 221 Å². The van der Waals surface area contributed by atoms with Crippen LogP contribution in [-0.2, 0) is 0 Å². The topological polar surface area (TPSA) is 16.4 Å². The van der Waals surface area contributed by atoms with Crippen molar-refractivity contribution < 1.29 is 4.42 Å². The van der Waals surface area contributed by atoms with Gasteiger partial charge in [0.15, 0.2) is 8.07 Å². The minimum absolute atomic E-state index is 0.874. The second-order valence-corrected chi connectivity index (χ2v) is 25.8. The summed E-state index contributed by atoms with van der Waals surface area (Å²) in [6.07, 6.45) is 0. The number of nitrogens with zero attached hydrogens (tertiary/aromatic N) is 1. The lowest BCUT2D eigenvalue weighted by Gasteiger charge is -2.46. The summed E-state index contributed by atoms with van der Waals surface area (Å²) < 4.78 is 6.48. The molecule has 14 rings (SSSR count). The third kappa shape index (κ3) is 6.32. The molecule has 0 radical (unpaired) electrons. The fourth-order valence-electron chi connectivity index (χ4n) is 11.7. The largest absolute Gasteiger partial charge is 0.456 e. The summed E-state index contributed by atoms with van der Waals surface area (Å²) in [7, 11) is -4.65. The molecule has 0 saturated carbocycles. The number of furan rings is 1. The highest BCUT2D eigenvalue weighted by Gasteiger charge is 2.52. The molecule has 1 unspecified atom stereocenters. The van der Waals surface area contributed by atoms with E-state index in [1.54, 1.807) is 15.6 Å². The van der Waals surface area contributed by atoms with Crippen molar-refractivity contribution in [3.63, 3.8) is 0 Å². The van der Waals surface area contributed by atoms with Gasteiger partial charge in [0.25, 0.3) is 0 Å². The zero-order valence-corrected chi connectivity index (χ0v) is 40.6. The fourth-order valence-corrected chi connectivity index (χ4v) is 24.1. The number of benzene rings is 11. The first-order chi connectivity index (χ1) is 34.2. The predicted octanol–water partition coefficient (Wildman–Crippen LogP) is 11.9. The Kier molecular flexibility index (Phi) is 9.37. The molecule has 0 N–H and O–H groups in total. The van der Waals surface area contributed by atoms with Gasteiger partial charge in [-0.2, -0.15) is 0 Å². The van der Waals surface area contributed by atoms with Gasteiger partial charge in [-0.05, 0) is 108 Å². The third-order valence-corrected chi connectivity index (χ3v) is 25.1. The summed E-state index contributed by atoms with van der Waals surface area (Å²) in [4.78, 5) is 5.13. The lowest BCUT2D eigenvalue weighted by molar-refractivity contribution is 0.669. The predicted molar refractivity (Wildman–Crippen MR) is 297 cm³/mol. The van der Waals surface area contributed by atoms with Crippen LogP contribution in [0, 0.1) is 0 Å². The van der Waals surface area contributed by atoms with Crippen molar-refractivity contribution in [3.8, 4) is 22.3 Å². The smallest absolute Gasteiger partial charge is 0.181 e. The Morgan fingerprint density at radius 3 is 1.70 bits per heavy atom. The minimum Gasteiger partial charge on any atom is -0.456 e. The Hall–Kier alpha value is -7.94. The van der Waals surface area contributed by atoms with Crippen LogP contribution >= 0.6 is 11.8 Å². The number of fused-ring (bicyclic) bond motifs is 12. The highest BCUT2D eigenvalue weighted by atomic mass is 32.2. The van der Waals surface area contributed by atoms with Gasteiger partial charge in [0.2, 0.25) is 0 Å². The van der Waals surface area contributed by atoms with E-state index in [9.17, 15) is 0 Å². The number of hydrogen-bond acceptors (Lipinski definition) is 3. The van der Waals surface area contributed by atoms with E-state index in [0.29, 0.717) is 0 Å². The van der Waals surface area contributed by atoms with E-state index in [1.807, 2.05) is 17.8 Å². The van der Waals surface area contributed by atoms with Gasteiger partial charge in [-0.3, -0.25) is 0 Å². The van der Waals surface area contributed by atoms with Crippen LogP contribution in [0.25, 0.3) is 55.0 Å². The minimum atomic E-state index is -2.72. The second kappa shape index (κ2) is 16.1. The molecule has 1 aromatic heterocycles. The van der Waals surface area contributed by atoms with Crippen molar-refractivity contribution in [2.45, 2.75) is 9.79 Å². The highest BCUT2D eigenvalue weighted by Crippen LogP contribution is 2.41. The molecule has 2 nitrogen and oxygen atoms in total. The molecule has 0 bridgehead atoms. The number of para-hydroxylation sites is 1. The van der Waals surface area contributed by atoms with Crippen molar-refractivity contribution in [2.24, 2.45) is 0 Å². The lowest BCUT2D eigenvalue weighted by atomic mass is 9.98. The Labute approximate surface area is 408 Å². The van der Waals surface area contributed by atoms with Gasteiger partial charge >= 0.3 is 0 Å². The quantitative estimate of drug-likeness (QED) is 0.155. The highest BCUT2D eigenvalue weighted by molar-refractivity contribution is 8.00. The molecule has 69 heavy (non-hydrogen) atoms. The third-order valence-electron chi connectivity index (χ3n) is 14.7. The average Bonchev–Trinajstić information content (AvgIpc) is 3.79. The number of hydrogen-bond donors (Lipinski definition) is 0. The average molecular weight is 930 g/mol. The summed E-state index contributed by atoms with van der Waals surface area (Å²) in [5.74, 6) is 0. The molecule has 0 aliphatic carbocycles. The van der Waals surface area contributed by atoms with Crippen LogP contribution in [0.4, 0.5) is 17.1 Å². The first-order valence-electron chi connectivity index (χ1n) is 23.8. The Morgan fingerprint density at radius 1 is 0.362 bits per heavy atom. The van der Waals surface area contributed by atoms with Crippen LogP contribution in [0.5, 0.6) is 0 Å². The summed E-state index contributed by atoms with van der Waals surface area (Å²) >= 11 is 1.93.